The molecule has 0 aliphatic carbocycles. The minimum Gasteiger partial charge on any atom is -0.377 e. The van der Waals surface area contributed by atoms with Crippen molar-refractivity contribution in [3.05, 3.63) is 119 Å². The normalized spacial score (nSPS) is 11.0. The van der Waals surface area contributed by atoms with Crippen LogP contribution in [0, 0.1) is 13.8 Å². The second kappa shape index (κ2) is 13.0. The van der Waals surface area contributed by atoms with E-state index >= 15 is 0 Å². The van der Waals surface area contributed by atoms with Crippen molar-refractivity contribution in [3.63, 3.8) is 0 Å². The molecule has 0 saturated carbocycles. The van der Waals surface area contributed by atoms with Crippen LogP contribution in [0.4, 0.5) is 0 Å². The first-order valence-electron chi connectivity index (χ1n) is 12.2. The molecule has 4 rings (SSSR count). The molecule has 0 fully saturated rings. The Kier molecular flexibility index (Phi) is 9.24. The monoisotopic (exact) mass is 466 g/mol. The summed E-state index contributed by atoms with van der Waals surface area (Å²) in [4.78, 5) is 0. The van der Waals surface area contributed by atoms with Crippen molar-refractivity contribution in [1.82, 2.24) is 0 Å². The minimum absolute atomic E-state index is 0.559. The molecule has 0 amide bonds. The third-order valence-electron chi connectivity index (χ3n) is 5.77. The Hall–Kier alpha value is -3.24. The van der Waals surface area contributed by atoms with Gasteiger partial charge < -0.3 is 14.2 Å². The standard InChI is InChI=1S/C32H34O3/c1-25-17-27(21-31(19-25)29-9-5-3-6-10-29)23-34-15-13-33-14-16-35-24-28-18-26(2)20-32(22-28)30-11-7-4-8-12-30/h3-12,17-22H,13-16,23-24H2,1-2H3. The molecular formula is C32H34O3. The van der Waals surface area contributed by atoms with Crippen LogP contribution in [-0.4, -0.2) is 26.4 Å². The lowest BCUT2D eigenvalue weighted by Gasteiger charge is -2.10. The van der Waals surface area contributed by atoms with Crippen LogP contribution in [0.25, 0.3) is 22.3 Å². The molecule has 0 aliphatic rings. The van der Waals surface area contributed by atoms with E-state index in [1.165, 1.54) is 44.5 Å². The van der Waals surface area contributed by atoms with E-state index in [0.717, 1.165) is 0 Å². The van der Waals surface area contributed by atoms with Crippen LogP contribution in [0.3, 0.4) is 0 Å². The maximum absolute atomic E-state index is 5.84. The van der Waals surface area contributed by atoms with Crippen molar-refractivity contribution in [3.8, 4) is 22.3 Å². The lowest BCUT2D eigenvalue weighted by molar-refractivity contribution is 0.00704. The fourth-order valence-electron chi connectivity index (χ4n) is 4.20. The van der Waals surface area contributed by atoms with Crippen LogP contribution in [0.5, 0.6) is 0 Å². The molecule has 0 unspecified atom stereocenters. The maximum atomic E-state index is 5.84. The summed E-state index contributed by atoms with van der Waals surface area (Å²) >= 11 is 0. The number of hydrogen-bond donors (Lipinski definition) is 0. The topological polar surface area (TPSA) is 27.7 Å². The van der Waals surface area contributed by atoms with Gasteiger partial charge in [0, 0.05) is 0 Å². The summed E-state index contributed by atoms with van der Waals surface area (Å²) in [7, 11) is 0. The molecule has 0 heterocycles. The van der Waals surface area contributed by atoms with E-state index in [2.05, 4.69) is 98.8 Å². The van der Waals surface area contributed by atoms with Crippen molar-refractivity contribution >= 4 is 0 Å². The highest BCUT2D eigenvalue weighted by Crippen LogP contribution is 2.23. The fourth-order valence-corrected chi connectivity index (χ4v) is 4.20. The molecule has 0 atom stereocenters. The Morgan fingerprint density at radius 3 is 1.26 bits per heavy atom. The molecular weight excluding hydrogens is 432 g/mol. The van der Waals surface area contributed by atoms with Gasteiger partial charge >= 0.3 is 0 Å². The van der Waals surface area contributed by atoms with E-state index in [0.29, 0.717) is 39.6 Å². The largest absolute Gasteiger partial charge is 0.377 e. The van der Waals surface area contributed by atoms with Gasteiger partial charge in [0.25, 0.3) is 0 Å². The second-order valence-electron chi connectivity index (χ2n) is 8.86. The Balaban J connectivity index is 1.13. The molecule has 0 aliphatic heterocycles. The number of benzene rings is 4. The third-order valence-corrected chi connectivity index (χ3v) is 5.77. The van der Waals surface area contributed by atoms with Gasteiger partial charge in [-0.05, 0) is 59.4 Å². The molecule has 4 aromatic carbocycles. The lowest BCUT2D eigenvalue weighted by atomic mass is 10.0. The van der Waals surface area contributed by atoms with Crippen LogP contribution in [0.2, 0.25) is 0 Å². The number of ether oxygens (including phenoxy) is 3. The Morgan fingerprint density at radius 1 is 0.429 bits per heavy atom. The predicted octanol–water partition coefficient (Wildman–Crippen LogP) is 7.39. The fraction of sp³-hybridized carbons (Fsp3) is 0.250. The van der Waals surface area contributed by atoms with E-state index < -0.39 is 0 Å². The molecule has 0 saturated heterocycles. The first kappa shape index (κ1) is 24.9. The highest BCUT2D eigenvalue weighted by Gasteiger charge is 2.03. The summed E-state index contributed by atoms with van der Waals surface area (Å²) < 4.78 is 17.4. The van der Waals surface area contributed by atoms with Gasteiger partial charge in [-0.3, -0.25) is 0 Å². The van der Waals surface area contributed by atoms with Crippen LogP contribution in [0.15, 0.2) is 97.1 Å². The lowest BCUT2D eigenvalue weighted by Crippen LogP contribution is -2.09. The van der Waals surface area contributed by atoms with Crippen LogP contribution in [-0.2, 0) is 27.4 Å². The summed E-state index contributed by atoms with van der Waals surface area (Å²) in [6.07, 6.45) is 0. The van der Waals surface area contributed by atoms with Gasteiger partial charge in [0.2, 0.25) is 0 Å². The van der Waals surface area contributed by atoms with Crippen molar-refractivity contribution in [2.75, 3.05) is 26.4 Å². The Bertz CT molecular complexity index is 1090. The minimum atomic E-state index is 0.559. The van der Waals surface area contributed by atoms with Gasteiger partial charge in [-0.25, -0.2) is 0 Å². The van der Waals surface area contributed by atoms with Gasteiger partial charge in [-0.15, -0.1) is 0 Å². The van der Waals surface area contributed by atoms with Crippen molar-refractivity contribution in [1.29, 1.82) is 0 Å². The van der Waals surface area contributed by atoms with E-state index in [9.17, 15) is 0 Å². The average Bonchev–Trinajstić information content (AvgIpc) is 2.88. The smallest absolute Gasteiger partial charge is 0.0718 e. The molecule has 35 heavy (non-hydrogen) atoms. The summed E-state index contributed by atoms with van der Waals surface area (Å²) in [6, 6.07) is 34.1. The van der Waals surface area contributed by atoms with E-state index in [1.807, 2.05) is 12.1 Å². The molecule has 0 spiro atoms. The zero-order chi connectivity index (χ0) is 24.3. The molecule has 3 heteroatoms. The predicted molar refractivity (Wildman–Crippen MR) is 143 cm³/mol. The zero-order valence-corrected chi connectivity index (χ0v) is 20.7. The average molecular weight is 467 g/mol. The van der Waals surface area contributed by atoms with Crippen LogP contribution < -0.4 is 0 Å². The number of hydrogen-bond acceptors (Lipinski definition) is 3. The first-order valence-corrected chi connectivity index (χ1v) is 12.2. The summed E-state index contributed by atoms with van der Waals surface area (Å²) in [5.41, 5.74) is 9.74. The molecule has 0 bridgehead atoms. The maximum Gasteiger partial charge on any atom is 0.0718 e. The van der Waals surface area contributed by atoms with E-state index in [1.54, 1.807) is 0 Å². The quantitative estimate of drug-likeness (QED) is 0.204. The third kappa shape index (κ3) is 7.90. The number of rotatable bonds is 12. The Labute approximate surface area is 209 Å². The molecule has 0 radical (unpaired) electrons. The summed E-state index contributed by atoms with van der Waals surface area (Å²) in [5, 5.41) is 0. The summed E-state index contributed by atoms with van der Waals surface area (Å²) in [5.74, 6) is 0. The van der Waals surface area contributed by atoms with Gasteiger partial charge in [0.15, 0.2) is 0 Å². The van der Waals surface area contributed by atoms with Crippen LogP contribution in [0.1, 0.15) is 22.3 Å². The molecule has 180 valence electrons. The SMILES string of the molecule is Cc1cc(COCCOCCOCc2cc(C)cc(-c3ccccc3)c2)cc(-c2ccccc2)c1. The Morgan fingerprint density at radius 2 is 0.829 bits per heavy atom. The number of aryl methyl sites for hydroxylation is 2. The molecule has 0 N–H and O–H groups in total. The van der Waals surface area contributed by atoms with Crippen LogP contribution >= 0.6 is 0 Å². The van der Waals surface area contributed by atoms with Gasteiger partial charge in [0.1, 0.15) is 0 Å². The van der Waals surface area contributed by atoms with Gasteiger partial charge in [0.05, 0.1) is 39.6 Å². The van der Waals surface area contributed by atoms with Crippen molar-refractivity contribution in [2.24, 2.45) is 0 Å². The summed E-state index contributed by atoms with van der Waals surface area (Å²) in [6.45, 7) is 7.65. The zero-order valence-electron chi connectivity index (χ0n) is 20.7. The van der Waals surface area contributed by atoms with E-state index in [-0.39, 0.29) is 0 Å². The first-order chi connectivity index (χ1) is 17.2. The van der Waals surface area contributed by atoms with Gasteiger partial charge in [-0.1, -0.05) is 96.1 Å². The van der Waals surface area contributed by atoms with E-state index in [4.69, 9.17) is 14.2 Å². The van der Waals surface area contributed by atoms with Crippen molar-refractivity contribution < 1.29 is 14.2 Å². The van der Waals surface area contributed by atoms with Crippen molar-refractivity contribution in [2.45, 2.75) is 27.1 Å². The molecule has 4 aromatic rings. The van der Waals surface area contributed by atoms with Gasteiger partial charge in [-0.2, -0.15) is 0 Å². The highest BCUT2D eigenvalue weighted by atomic mass is 16.5. The highest BCUT2D eigenvalue weighted by molar-refractivity contribution is 5.65. The molecule has 3 nitrogen and oxygen atoms in total. The second-order valence-corrected chi connectivity index (χ2v) is 8.86. The molecule has 0 aromatic heterocycles.